The van der Waals surface area contributed by atoms with E-state index in [4.69, 9.17) is 30.2 Å². The van der Waals surface area contributed by atoms with E-state index in [1.165, 1.54) is 13.4 Å². The summed E-state index contributed by atoms with van der Waals surface area (Å²) < 4.78 is 22.6. The zero-order valence-corrected chi connectivity index (χ0v) is 18.1. The van der Waals surface area contributed by atoms with Gasteiger partial charge in [-0.3, -0.25) is 0 Å². The molecule has 6 nitrogen and oxygen atoms in total. The molecule has 0 fully saturated rings. The van der Waals surface area contributed by atoms with Crippen molar-refractivity contribution in [3.63, 3.8) is 0 Å². The fourth-order valence-electron chi connectivity index (χ4n) is 2.80. The minimum atomic E-state index is -0.578. The lowest BCUT2D eigenvalue weighted by molar-refractivity contribution is -0.130. The van der Waals surface area contributed by atoms with Gasteiger partial charge in [0.25, 0.3) is 5.90 Å². The Hall–Kier alpha value is -3.03. The summed E-state index contributed by atoms with van der Waals surface area (Å²) in [7, 11) is 1.52. The van der Waals surface area contributed by atoms with Crippen molar-refractivity contribution in [1.82, 2.24) is 0 Å². The van der Waals surface area contributed by atoms with Crippen molar-refractivity contribution in [2.45, 2.75) is 6.61 Å². The highest BCUT2D eigenvalue weighted by Crippen LogP contribution is 2.38. The number of furan rings is 1. The Labute approximate surface area is 185 Å². The number of benzene rings is 2. The van der Waals surface area contributed by atoms with E-state index in [0.717, 1.165) is 10.0 Å². The molecule has 3 aromatic rings. The van der Waals surface area contributed by atoms with E-state index >= 15 is 0 Å². The summed E-state index contributed by atoms with van der Waals surface area (Å²) >= 11 is 9.93. The first-order valence-electron chi connectivity index (χ1n) is 8.85. The van der Waals surface area contributed by atoms with Crippen molar-refractivity contribution in [2.24, 2.45) is 4.99 Å². The quantitative estimate of drug-likeness (QED) is 0.332. The minimum Gasteiger partial charge on any atom is -0.493 e. The maximum Gasteiger partial charge on any atom is 0.363 e. The number of cyclic esters (lactones) is 1. The van der Waals surface area contributed by atoms with Crippen molar-refractivity contribution in [3.05, 3.63) is 86.9 Å². The molecule has 2 heterocycles. The van der Waals surface area contributed by atoms with Crippen LogP contribution in [0, 0.1) is 0 Å². The molecule has 0 spiro atoms. The maximum absolute atomic E-state index is 12.1. The number of hydrogen-bond donors (Lipinski definition) is 0. The molecule has 0 unspecified atom stereocenters. The topological polar surface area (TPSA) is 70.3 Å². The van der Waals surface area contributed by atoms with Crippen molar-refractivity contribution in [2.75, 3.05) is 7.11 Å². The van der Waals surface area contributed by atoms with Crippen LogP contribution >= 0.6 is 27.5 Å². The van der Waals surface area contributed by atoms with Gasteiger partial charge in [-0.05, 0) is 42.0 Å². The fraction of sp³-hybridized carbons (Fsp3) is 0.0909. The molecule has 8 heteroatoms. The Morgan fingerprint density at radius 1 is 1.20 bits per heavy atom. The third-order valence-electron chi connectivity index (χ3n) is 4.24. The summed E-state index contributed by atoms with van der Waals surface area (Å²) in [6.45, 7) is 0.307. The number of hydrogen-bond acceptors (Lipinski definition) is 6. The number of rotatable bonds is 6. The lowest BCUT2D eigenvalue weighted by Gasteiger charge is -2.14. The van der Waals surface area contributed by atoms with Crippen LogP contribution < -0.4 is 9.47 Å². The largest absolute Gasteiger partial charge is 0.493 e. The van der Waals surface area contributed by atoms with Gasteiger partial charge in [0.2, 0.25) is 0 Å². The molecule has 0 radical (unpaired) electrons. The molecule has 1 aliphatic rings. The lowest BCUT2D eigenvalue weighted by atomic mass is 10.1. The van der Waals surface area contributed by atoms with Gasteiger partial charge >= 0.3 is 5.97 Å². The van der Waals surface area contributed by atoms with E-state index in [1.807, 2.05) is 24.3 Å². The van der Waals surface area contributed by atoms with Crippen LogP contribution in [-0.2, 0) is 16.1 Å². The van der Waals surface area contributed by atoms with Crippen LogP contribution in [0.15, 0.2) is 74.4 Å². The highest BCUT2D eigenvalue weighted by molar-refractivity contribution is 9.10. The molecule has 2 aromatic carbocycles. The molecule has 1 aromatic heterocycles. The second kappa shape index (κ2) is 8.77. The van der Waals surface area contributed by atoms with Crippen molar-refractivity contribution < 1.29 is 23.4 Å². The van der Waals surface area contributed by atoms with E-state index in [-0.39, 0.29) is 11.6 Å². The van der Waals surface area contributed by atoms with Gasteiger partial charge in [-0.1, -0.05) is 45.7 Å². The molecular formula is C22H15BrClNO5. The molecule has 30 heavy (non-hydrogen) atoms. The van der Waals surface area contributed by atoms with Crippen LogP contribution in [-0.4, -0.2) is 19.0 Å². The summed E-state index contributed by atoms with van der Waals surface area (Å²) in [6.07, 6.45) is 3.04. The number of halogens is 2. The second-order valence-corrected chi connectivity index (χ2v) is 7.49. The Morgan fingerprint density at radius 2 is 2.03 bits per heavy atom. The molecule has 0 bridgehead atoms. The number of ether oxygens (including phenoxy) is 3. The summed E-state index contributed by atoms with van der Waals surface area (Å²) in [4.78, 5) is 16.3. The average Bonchev–Trinajstić information content (AvgIpc) is 3.38. The van der Waals surface area contributed by atoms with Gasteiger partial charge in [0, 0.05) is 10.0 Å². The van der Waals surface area contributed by atoms with E-state index < -0.39 is 5.97 Å². The summed E-state index contributed by atoms with van der Waals surface area (Å²) in [5.41, 5.74) is 1.71. The van der Waals surface area contributed by atoms with Crippen LogP contribution in [0.2, 0.25) is 5.02 Å². The van der Waals surface area contributed by atoms with Crippen molar-refractivity contribution >= 4 is 45.5 Å². The second-order valence-electron chi connectivity index (χ2n) is 6.23. The van der Waals surface area contributed by atoms with Crippen LogP contribution in [0.4, 0.5) is 0 Å². The van der Waals surface area contributed by atoms with E-state index in [1.54, 1.807) is 30.3 Å². The highest BCUT2D eigenvalue weighted by Gasteiger charge is 2.26. The first-order valence-corrected chi connectivity index (χ1v) is 10.0. The SMILES string of the molecule is COc1cc(/C=C2\N=C(c3ccco3)OC2=O)cc(Cl)c1OCc1ccccc1Br. The fourth-order valence-corrected chi connectivity index (χ4v) is 3.47. The summed E-state index contributed by atoms with van der Waals surface area (Å²) in [5, 5.41) is 0.342. The number of aliphatic imine (C=N–C) groups is 1. The predicted molar refractivity (Wildman–Crippen MR) is 116 cm³/mol. The first-order chi connectivity index (χ1) is 14.5. The molecule has 0 amide bonds. The van der Waals surface area contributed by atoms with Crippen LogP contribution in [0.5, 0.6) is 11.5 Å². The van der Waals surface area contributed by atoms with Crippen LogP contribution in [0.25, 0.3) is 6.08 Å². The number of methoxy groups -OCH3 is 1. The Morgan fingerprint density at radius 3 is 2.77 bits per heavy atom. The van der Waals surface area contributed by atoms with Crippen LogP contribution in [0.1, 0.15) is 16.9 Å². The molecule has 0 saturated heterocycles. The Bertz CT molecular complexity index is 1150. The molecule has 152 valence electrons. The molecule has 0 aliphatic carbocycles. The minimum absolute atomic E-state index is 0.114. The van der Waals surface area contributed by atoms with Gasteiger partial charge in [0.15, 0.2) is 23.0 Å². The monoisotopic (exact) mass is 487 g/mol. The third kappa shape index (κ3) is 4.27. The number of esters is 1. The van der Waals surface area contributed by atoms with E-state index in [0.29, 0.717) is 34.5 Å². The molecule has 1 aliphatic heterocycles. The van der Waals surface area contributed by atoms with Gasteiger partial charge < -0.3 is 18.6 Å². The zero-order chi connectivity index (χ0) is 21.1. The predicted octanol–water partition coefficient (Wildman–Crippen LogP) is 5.63. The summed E-state index contributed by atoms with van der Waals surface area (Å²) in [6, 6.07) is 14.5. The van der Waals surface area contributed by atoms with Gasteiger partial charge in [0.05, 0.1) is 18.4 Å². The molecule has 0 saturated carbocycles. The number of nitrogens with zero attached hydrogens (tertiary/aromatic N) is 1. The van der Waals surface area contributed by atoms with Crippen molar-refractivity contribution in [1.29, 1.82) is 0 Å². The van der Waals surface area contributed by atoms with E-state index in [2.05, 4.69) is 20.9 Å². The molecular weight excluding hydrogens is 474 g/mol. The Kier molecular flexibility index (Phi) is 5.92. The molecule has 0 atom stereocenters. The smallest absolute Gasteiger partial charge is 0.363 e. The Balaban J connectivity index is 1.60. The molecule has 4 rings (SSSR count). The standard InChI is InChI=1S/C22H15BrClNO5/c1-27-19-11-13(10-17-22(26)30-21(25-17)18-7-4-8-28-18)9-16(24)20(19)29-12-14-5-2-3-6-15(14)23/h2-11H,12H2,1H3/b17-10-. The van der Waals surface area contributed by atoms with Gasteiger partial charge in [-0.25, -0.2) is 9.79 Å². The number of carbonyl (C=O) groups is 1. The highest BCUT2D eigenvalue weighted by atomic mass is 79.9. The lowest BCUT2D eigenvalue weighted by Crippen LogP contribution is -2.04. The first kappa shape index (κ1) is 20.3. The van der Waals surface area contributed by atoms with E-state index in [9.17, 15) is 4.79 Å². The summed E-state index contributed by atoms with van der Waals surface area (Å²) in [5.74, 6) is 0.750. The van der Waals surface area contributed by atoms with Gasteiger partial charge in [-0.15, -0.1) is 0 Å². The average molecular weight is 489 g/mol. The van der Waals surface area contributed by atoms with Crippen LogP contribution in [0.3, 0.4) is 0 Å². The molecule has 0 N–H and O–H groups in total. The maximum atomic E-state index is 12.1. The van der Waals surface area contributed by atoms with Crippen molar-refractivity contribution in [3.8, 4) is 11.5 Å². The normalized spacial score (nSPS) is 14.6. The van der Waals surface area contributed by atoms with Gasteiger partial charge in [0.1, 0.15) is 6.61 Å². The third-order valence-corrected chi connectivity index (χ3v) is 5.29. The number of carbonyl (C=O) groups excluding carboxylic acids is 1. The zero-order valence-electron chi connectivity index (χ0n) is 15.7. The van der Waals surface area contributed by atoms with Gasteiger partial charge in [-0.2, -0.15) is 0 Å².